The van der Waals surface area contributed by atoms with Gasteiger partial charge in [0.05, 0.1) is 28.6 Å². The van der Waals surface area contributed by atoms with Gasteiger partial charge >= 0.3 is 0 Å². The first-order chi connectivity index (χ1) is 16.5. The molecule has 5 aliphatic carbocycles. The molecule has 0 aromatic heterocycles. The first-order valence-electron chi connectivity index (χ1n) is 12.6. The highest BCUT2D eigenvalue weighted by molar-refractivity contribution is 6.48. The van der Waals surface area contributed by atoms with Gasteiger partial charge in [0.1, 0.15) is 0 Å². The molecule has 0 N–H and O–H groups in total. The van der Waals surface area contributed by atoms with Crippen LogP contribution in [0.1, 0.15) is 39.5 Å². The molecule has 0 saturated heterocycles. The van der Waals surface area contributed by atoms with E-state index in [1.165, 1.54) is 11.1 Å². The standard InChI is InChI=1S/C30H28N2O2/c1-16-12-24(34)28-30(14-16)15-21-20-9-4-3-7-19(20)13-23(33)27(21)32-29(30)26-22(31-28)11-10-18-8-5-6-17(2)25(18)26/h3-7,9-11,13,16-17,20-22H,8,12,14-15H2,1-2H3. The fourth-order valence-corrected chi connectivity index (χ4v) is 7.52. The van der Waals surface area contributed by atoms with Crippen molar-refractivity contribution in [3.63, 3.8) is 0 Å². The third-order valence-electron chi connectivity index (χ3n) is 8.79. The second kappa shape index (κ2) is 6.94. The molecular weight excluding hydrogens is 420 g/mol. The van der Waals surface area contributed by atoms with Crippen LogP contribution in [-0.2, 0) is 9.59 Å². The van der Waals surface area contributed by atoms with Gasteiger partial charge in [-0.2, -0.15) is 0 Å². The minimum Gasteiger partial charge on any atom is -0.293 e. The molecule has 34 heavy (non-hydrogen) atoms. The van der Waals surface area contributed by atoms with Gasteiger partial charge in [-0.25, -0.2) is 0 Å². The number of hydrogen-bond acceptors (Lipinski definition) is 4. The van der Waals surface area contributed by atoms with E-state index >= 15 is 0 Å². The second-order valence-corrected chi connectivity index (χ2v) is 11.0. The fraction of sp³-hybridized carbons (Fsp3) is 0.400. The maximum Gasteiger partial charge on any atom is 0.200 e. The van der Waals surface area contributed by atoms with Gasteiger partial charge in [-0.05, 0) is 53.9 Å². The van der Waals surface area contributed by atoms with Crippen LogP contribution < -0.4 is 0 Å². The first-order valence-corrected chi connectivity index (χ1v) is 12.6. The Balaban J connectivity index is 1.51. The summed E-state index contributed by atoms with van der Waals surface area (Å²) < 4.78 is 0. The number of allylic oxidation sites excluding steroid dienone is 11. The topological polar surface area (TPSA) is 58.9 Å². The highest BCUT2D eigenvalue weighted by Gasteiger charge is 2.57. The molecule has 0 amide bonds. The second-order valence-electron chi connectivity index (χ2n) is 11.0. The molecule has 0 aromatic carbocycles. The molecule has 1 spiro atoms. The molecule has 0 aromatic rings. The van der Waals surface area contributed by atoms with Gasteiger partial charge in [0.2, 0.25) is 5.78 Å². The van der Waals surface area contributed by atoms with E-state index in [1.54, 1.807) is 6.08 Å². The van der Waals surface area contributed by atoms with Crippen LogP contribution in [0.2, 0.25) is 0 Å². The smallest absolute Gasteiger partial charge is 0.200 e. The van der Waals surface area contributed by atoms with Crippen molar-refractivity contribution in [2.45, 2.75) is 45.6 Å². The van der Waals surface area contributed by atoms with Gasteiger partial charge < -0.3 is 0 Å². The summed E-state index contributed by atoms with van der Waals surface area (Å²) in [5.41, 5.74) is 6.69. The van der Waals surface area contributed by atoms with Crippen molar-refractivity contribution in [2.75, 3.05) is 0 Å². The summed E-state index contributed by atoms with van der Waals surface area (Å²) in [5.74, 6) is 0.827. The van der Waals surface area contributed by atoms with Crippen LogP contribution in [0.4, 0.5) is 0 Å². The SMILES string of the molecule is CC1CC(=O)C2=NC3C=CC4=C(C3=C3N=C5C(=O)C=C6C=CC=CC6C5CC23C1)C(C)C=CC4. The van der Waals surface area contributed by atoms with Gasteiger partial charge in [0.15, 0.2) is 5.78 Å². The molecule has 7 rings (SSSR count). The Morgan fingerprint density at radius 3 is 2.76 bits per heavy atom. The van der Waals surface area contributed by atoms with Crippen LogP contribution in [-0.4, -0.2) is 29.0 Å². The molecule has 2 heterocycles. The number of carbonyl (C=O) groups is 2. The zero-order valence-corrected chi connectivity index (χ0v) is 19.6. The van der Waals surface area contributed by atoms with Gasteiger partial charge in [0, 0.05) is 23.8 Å². The molecule has 2 aliphatic heterocycles. The Hall–Kier alpha value is -3.14. The normalized spacial score (nSPS) is 39.4. The van der Waals surface area contributed by atoms with Gasteiger partial charge in [-0.15, -0.1) is 0 Å². The van der Waals surface area contributed by atoms with Crippen molar-refractivity contribution in [3.05, 3.63) is 82.7 Å². The van der Waals surface area contributed by atoms with Gasteiger partial charge in [0.25, 0.3) is 0 Å². The Kier molecular flexibility index (Phi) is 4.13. The average Bonchev–Trinajstić information content (AvgIpc) is 2.82. The third-order valence-corrected chi connectivity index (χ3v) is 8.79. The maximum atomic E-state index is 13.5. The zero-order valence-electron chi connectivity index (χ0n) is 19.6. The predicted octanol–water partition coefficient (Wildman–Crippen LogP) is 5.22. The minimum atomic E-state index is -0.503. The third kappa shape index (κ3) is 2.60. The summed E-state index contributed by atoms with van der Waals surface area (Å²) >= 11 is 0. The Bertz CT molecular complexity index is 1340. The minimum absolute atomic E-state index is 0.0193. The summed E-state index contributed by atoms with van der Waals surface area (Å²) in [6.45, 7) is 4.41. The van der Waals surface area contributed by atoms with Crippen LogP contribution in [0.15, 0.2) is 92.7 Å². The zero-order chi connectivity index (χ0) is 23.2. The van der Waals surface area contributed by atoms with Crippen molar-refractivity contribution in [1.29, 1.82) is 0 Å². The number of hydrogen-bond donors (Lipinski definition) is 0. The van der Waals surface area contributed by atoms with Crippen LogP contribution >= 0.6 is 0 Å². The summed E-state index contributed by atoms with van der Waals surface area (Å²) in [7, 11) is 0. The largest absolute Gasteiger partial charge is 0.293 e. The monoisotopic (exact) mass is 448 g/mol. The van der Waals surface area contributed by atoms with E-state index in [0.29, 0.717) is 17.8 Å². The van der Waals surface area contributed by atoms with Crippen molar-refractivity contribution in [1.82, 2.24) is 0 Å². The molecule has 0 bridgehead atoms. The summed E-state index contributed by atoms with van der Waals surface area (Å²) in [5, 5.41) is 0. The van der Waals surface area contributed by atoms with E-state index in [-0.39, 0.29) is 41.3 Å². The highest BCUT2D eigenvalue weighted by Crippen LogP contribution is 2.58. The van der Waals surface area contributed by atoms with Gasteiger partial charge in [-0.1, -0.05) is 62.5 Å². The number of carbonyl (C=O) groups excluding carboxylic acids is 2. The number of rotatable bonds is 0. The van der Waals surface area contributed by atoms with E-state index in [4.69, 9.17) is 9.98 Å². The van der Waals surface area contributed by atoms with Gasteiger partial charge in [-0.3, -0.25) is 19.6 Å². The van der Waals surface area contributed by atoms with Crippen molar-refractivity contribution < 1.29 is 9.59 Å². The lowest BCUT2D eigenvalue weighted by Crippen LogP contribution is -2.54. The predicted molar refractivity (Wildman–Crippen MR) is 134 cm³/mol. The fourth-order valence-electron chi connectivity index (χ4n) is 7.52. The number of nitrogens with zero attached hydrogens (tertiary/aromatic N) is 2. The summed E-state index contributed by atoms with van der Waals surface area (Å²) in [6, 6.07) is -0.189. The molecule has 4 heteroatoms. The van der Waals surface area contributed by atoms with Crippen molar-refractivity contribution >= 4 is 23.0 Å². The molecule has 4 nitrogen and oxygen atoms in total. The molecule has 170 valence electrons. The van der Waals surface area contributed by atoms with E-state index in [9.17, 15) is 9.59 Å². The van der Waals surface area contributed by atoms with E-state index in [0.717, 1.165) is 36.1 Å². The highest BCUT2D eigenvalue weighted by atomic mass is 16.1. The Labute approximate surface area is 200 Å². The Morgan fingerprint density at radius 2 is 1.88 bits per heavy atom. The molecule has 0 radical (unpaired) electrons. The maximum absolute atomic E-state index is 13.5. The molecule has 6 atom stereocenters. The molecule has 1 saturated carbocycles. The summed E-state index contributed by atoms with van der Waals surface area (Å²) in [6.07, 6.45) is 22.0. The lowest BCUT2D eigenvalue weighted by atomic mass is 9.55. The van der Waals surface area contributed by atoms with Crippen molar-refractivity contribution in [3.8, 4) is 0 Å². The number of aliphatic imine (C=N–C) groups is 2. The first kappa shape index (κ1) is 20.3. The van der Waals surface area contributed by atoms with Crippen LogP contribution in [0.25, 0.3) is 0 Å². The molecule has 7 aliphatic rings. The van der Waals surface area contributed by atoms with Crippen LogP contribution in [0, 0.1) is 29.1 Å². The number of fused-ring (bicyclic) bond motifs is 5. The number of Topliss-reactive ketones (excluding diaryl/α,β-unsaturated/α-hetero) is 1. The van der Waals surface area contributed by atoms with E-state index in [2.05, 4.69) is 50.3 Å². The molecule has 6 unspecified atom stereocenters. The lowest BCUT2D eigenvalue weighted by Gasteiger charge is -2.51. The number of ketones is 2. The quantitative estimate of drug-likeness (QED) is 0.477. The van der Waals surface area contributed by atoms with Crippen LogP contribution in [0.3, 0.4) is 0 Å². The summed E-state index contributed by atoms with van der Waals surface area (Å²) in [4.78, 5) is 37.2. The van der Waals surface area contributed by atoms with Crippen LogP contribution in [0.5, 0.6) is 0 Å². The van der Waals surface area contributed by atoms with Crippen molar-refractivity contribution in [2.24, 2.45) is 39.1 Å². The van der Waals surface area contributed by atoms with E-state index in [1.807, 2.05) is 12.2 Å². The average molecular weight is 449 g/mol. The Morgan fingerprint density at radius 1 is 1.00 bits per heavy atom. The van der Waals surface area contributed by atoms with E-state index < -0.39 is 5.41 Å². The lowest BCUT2D eigenvalue weighted by molar-refractivity contribution is -0.115. The number of dihydropyridines is 1. The molecular formula is C30H28N2O2. The molecule has 1 fully saturated rings.